The summed E-state index contributed by atoms with van der Waals surface area (Å²) in [6.45, 7) is 7.23. The van der Waals surface area contributed by atoms with Crippen LogP contribution in [0.2, 0.25) is 0 Å². The van der Waals surface area contributed by atoms with Crippen LogP contribution in [0.3, 0.4) is 0 Å². The van der Waals surface area contributed by atoms with E-state index >= 15 is 0 Å². The third kappa shape index (κ3) is 4.41. The predicted octanol–water partition coefficient (Wildman–Crippen LogP) is 0.779. The Morgan fingerprint density at radius 2 is 1.86 bits per heavy atom. The van der Waals surface area contributed by atoms with E-state index < -0.39 is 15.4 Å². The van der Waals surface area contributed by atoms with Crippen molar-refractivity contribution in [3.63, 3.8) is 0 Å². The number of carbonyl (C=O) groups excluding carboxylic acids is 1. The van der Waals surface area contributed by atoms with Gasteiger partial charge < -0.3 is 19.5 Å². The molecule has 0 saturated carbocycles. The molecule has 0 spiro atoms. The minimum atomic E-state index is -3.57. The van der Waals surface area contributed by atoms with Crippen LogP contribution >= 0.6 is 0 Å². The van der Waals surface area contributed by atoms with Gasteiger partial charge in [-0.3, -0.25) is 4.79 Å². The topological polar surface area (TPSA) is 126 Å². The average Bonchev–Trinajstić information content (AvgIpc) is 2.58. The van der Waals surface area contributed by atoms with E-state index in [1.807, 2.05) is 25.7 Å². The lowest BCUT2D eigenvalue weighted by Gasteiger charge is -2.36. The number of pyridine rings is 1. The molecule has 11 heteroatoms. The molecule has 0 bridgehead atoms. The third-order valence-corrected chi connectivity index (χ3v) is 5.02. The number of ether oxygens (including phenoxy) is 1. The number of carbonyl (C=O) groups is 1. The van der Waals surface area contributed by atoms with Crippen LogP contribution in [-0.2, 0) is 14.6 Å². The van der Waals surface area contributed by atoms with Crippen molar-refractivity contribution in [2.45, 2.75) is 31.5 Å². The molecule has 28 heavy (non-hydrogen) atoms. The molecule has 3 heterocycles. The fourth-order valence-corrected chi connectivity index (χ4v) is 3.34. The average molecular weight is 409 g/mol. The van der Waals surface area contributed by atoms with Gasteiger partial charge in [-0.25, -0.2) is 23.2 Å². The molecular weight excluding hydrogens is 386 g/mol. The third-order valence-electron chi connectivity index (χ3n) is 4.16. The van der Waals surface area contributed by atoms with Crippen LogP contribution in [0, 0.1) is 0 Å². The molecule has 3 rings (SSSR count). The normalized spacial score (nSPS) is 15.7. The summed E-state index contributed by atoms with van der Waals surface area (Å²) in [5.74, 6) is 0. The van der Waals surface area contributed by atoms with Gasteiger partial charge >= 0.3 is 6.09 Å². The van der Waals surface area contributed by atoms with Crippen LogP contribution < -0.4 is 10.5 Å². The van der Waals surface area contributed by atoms with E-state index in [2.05, 4.69) is 15.0 Å². The van der Waals surface area contributed by atoms with Gasteiger partial charge in [0, 0.05) is 44.0 Å². The van der Waals surface area contributed by atoms with E-state index in [0.29, 0.717) is 37.3 Å². The van der Waals surface area contributed by atoms with Crippen LogP contribution in [0.5, 0.6) is 0 Å². The first-order valence-electron chi connectivity index (χ1n) is 8.77. The molecular formula is C17H23N5O5S. The molecule has 0 radical (unpaired) electrons. The molecule has 1 aliphatic rings. The van der Waals surface area contributed by atoms with Gasteiger partial charge in [0.1, 0.15) is 16.9 Å². The quantitative estimate of drug-likeness (QED) is 0.721. The number of aromatic amines is 1. The Morgan fingerprint density at radius 1 is 1.21 bits per heavy atom. The molecule has 2 aromatic rings. The highest BCUT2D eigenvalue weighted by Gasteiger charge is 2.27. The van der Waals surface area contributed by atoms with Gasteiger partial charge in [-0.1, -0.05) is 0 Å². The Hall–Kier alpha value is -2.69. The highest BCUT2D eigenvalue weighted by molar-refractivity contribution is 7.90. The molecule has 2 aromatic heterocycles. The van der Waals surface area contributed by atoms with Gasteiger partial charge in [-0.2, -0.15) is 0 Å². The van der Waals surface area contributed by atoms with E-state index in [9.17, 15) is 18.0 Å². The monoisotopic (exact) mass is 409 g/mol. The van der Waals surface area contributed by atoms with Gasteiger partial charge in [0.2, 0.25) is 15.0 Å². The highest BCUT2D eigenvalue weighted by Crippen LogP contribution is 2.18. The second-order valence-corrected chi connectivity index (χ2v) is 9.58. The molecule has 1 aliphatic heterocycles. The van der Waals surface area contributed by atoms with E-state index in [4.69, 9.17) is 4.74 Å². The van der Waals surface area contributed by atoms with E-state index in [1.54, 1.807) is 11.0 Å². The molecule has 1 amide bonds. The summed E-state index contributed by atoms with van der Waals surface area (Å²) in [6, 6.07) is 1.63. The molecule has 152 valence electrons. The van der Waals surface area contributed by atoms with Crippen LogP contribution in [0.25, 0.3) is 11.0 Å². The maximum atomic E-state index is 12.5. The van der Waals surface area contributed by atoms with Gasteiger partial charge in [-0.15, -0.1) is 0 Å². The number of hydrogen-bond donors (Lipinski definition) is 1. The number of rotatable bonds is 2. The summed E-state index contributed by atoms with van der Waals surface area (Å²) in [5, 5.41) is 0.186. The van der Waals surface area contributed by atoms with Crippen LogP contribution in [-0.4, -0.2) is 72.4 Å². The SMILES string of the molecule is CC(C)(C)OC(=O)N1CCN(c2cc3cnc(S(C)(=O)=O)nc3[nH]c2=O)CC1. The number of H-pyrrole nitrogens is 1. The number of amides is 1. The van der Waals surface area contributed by atoms with E-state index in [-0.39, 0.29) is 22.5 Å². The molecule has 0 aliphatic carbocycles. The van der Waals surface area contributed by atoms with Crippen molar-refractivity contribution in [1.82, 2.24) is 19.9 Å². The van der Waals surface area contributed by atoms with E-state index in [0.717, 1.165) is 6.26 Å². The lowest BCUT2D eigenvalue weighted by molar-refractivity contribution is 0.0240. The van der Waals surface area contributed by atoms with Gasteiger partial charge in [0.05, 0.1) is 0 Å². The van der Waals surface area contributed by atoms with Gasteiger partial charge in [-0.05, 0) is 26.8 Å². The summed E-state index contributed by atoms with van der Waals surface area (Å²) in [4.78, 5) is 38.5. The van der Waals surface area contributed by atoms with Crippen molar-refractivity contribution in [1.29, 1.82) is 0 Å². The summed E-state index contributed by atoms with van der Waals surface area (Å²) < 4.78 is 28.5. The van der Waals surface area contributed by atoms with Crippen molar-refractivity contribution < 1.29 is 17.9 Å². The number of piperazine rings is 1. The summed E-state index contributed by atoms with van der Waals surface area (Å²) in [7, 11) is -3.57. The van der Waals surface area contributed by atoms with Crippen molar-refractivity contribution in [2.24, 2.45) is 0 Å². The van der Waals surface area contributed by atoms with Gasteiger partial charge in [0.15, 0.2) is 0 Å². The zero-order valence-corrected chi connectivity index (χ0v) is 17.0. The number of anilines is 1. The van der Waals surface area contributed by atoms with Crippen molar-refractivity contribution in [2.75, 3.05) is 37.3 Å². The zero-order valence-electron chi connectivity index (χ0n) is 16.2. The maximum Gasteiger partial charge on any atom is 0.410 e. The predicted molar refractivity (Wildman–Crippen MR) is 103 cm³/mol. The zero-order chi connectivity index (χ0) is 20.7. The van der Waals surface area contributed by atoms with Gasteiger partial charge in [0.25, 0.3) is 5.56 Å². The smallest absolute Gasteiger partial charge is 0.410 e. The first-order valence-corrected chi connectivity index (χ1v) is 10.7. The summed E-state index contributed by atoms with van der Waals surface area (Å²) in [6.07, 6.45) is 2.00. The minimum absolute atomic E-state index is 0.163. The fraction of sp³-hybridized carbons (Fsp3) is 0.529. The number of fused-ring (bicyclic) bond motifs is 1. The summed E-state index contributed by atoms with van der Waals surface area (Å²) in [5.41, 5.74) is -0.353. The summed E-state index contributed by atoms with van der Waals surface area (Å²) >= 11 is 0. The van der Waals surface area contributed by atoms with Crippen LogP contribution in [0.4, 0.5) is 10.5 Å². The molecule has 10 nitrogen and oxygen atoms in total. The van der Waals surface area contributed by atoms with Crippen LogP contribution in [0.1, 0.15) is 20.8 Å². The lowest BCUT2D eigenvalue weighted by atomic mass is 10.2. The van der Waals surface area contributed by atoms with Crippen molar-refractivity contribution in [3.8, 4) is 0 Å². The maximum absolute atomic E-state index is 12.5. The lowest BCUT2D eigenvalue weighted by Crippen LogP contribution is -2.51. The number of nitrogens with zero attached hydrogens (tertiary/aromatic N) is 4. The minimum Gasteiger partial charge on any atom is -0.444 e. The Balaban J connectivity index is 1.79. The van der Waals surface area contributed by atoms with Crippen LogP contribution in [0.15, 0.2) is 22.2 Å². The molecule has 0 atom stereocenters. The second kappa shape index (κ2) is 7.04. The second-order valence-electron chi connectivity index (χ2n) is 7.67. The van der Waals surface area contributed by atoms with Crippen molar-refractivity contribution in [3.05, 3.63) is 22.6 Å². The Morgan fingerprint density at radius 3 is 2.43 bits per heavy atom. The number of sulfone groups is 1. The Kier molecular flexibility index (Phi) is 5.04. The largest absolute Gasteiger partial charge is 0.444 e. The first kappa shape index (κ1) is 20.1. The molecule has 1 N–H and O–H groups in total. The Labute approximate surface area is 162 Å². The molecule has 0 unspecified atom stereocenters. The molecule has 1 fully saturated rings. The van der Waals surface area contributed by atoms with E-state index in [1.165, 1.54) is 6.20 Å². The highest BCUT2D eigenvalue weighted by atomic mass is 32.2. The molecule has 1 saturated heterocycles. The Bertz CT molecular complexity index is 1070. The first-order chi connectivity index (χ1) is 12.9. The molecule has 0 aromatic carbocycles. The standard InChI is InChI=1S/C17H23N5O5S/c1-17(2,3)27-16(24)22-7-5-21(6-8-22)12-9-11-10-18-15(28(4,25)26)20-13(11)19-14(12)23/h9-10H,5-8H2,1-4H3,(H,18,19,20,23). The van der Waals surface area contributed by atoms with Crippen molar-refractivity contribution >= 4 is 32.7 Å². The number of hydrogen-bond acceptors (Lipinski definition) is 8. The fourth-order valence-electron chi connectivity index (χ4n) is 2.84. The number of nitrogens with one attached hydrogen (secondary N) is 1. The number of aromatic nitrogens is 3.